The standard InChI is InChI=1S/C21H18N2O3/c1-21(13-6-7-18-12(10-13)8-9-26-18)19-15(11-17(23-21)20(24)25)14-4-2-3-5-16(14)22-19/h2-10,17,22-23H,11H2,1H3,(H,24,25)/t17-,21+/m1/s1. The lowest BCUT2D eigenvalue weighted by molar-refractivity contribution is -0.140. The predicted octanol–water partition coefficient (Wildman–Crippen LogP) is 3.78. The minimum Gasteiger partial charge on any atom is -0.480 e. The second-order valence-electron chi connectivity index (χ2n) is 7.06. The minimum absolute atomic E-state index is 0.457. The van der Waals surface area contributed by atoms with E-state index in [-0.39, 0.29) is 0 Å². The molecule has 0 unspecified atom stereocenters. The highest BCUT2D eigenvalue weighted by Gasteiger charge is 2.42. The van der Waals surface area contributed by atoms with Gasteiger partial charge in [-0.15, -0.1) is 0 Å². The first kappa shape index (κ1) is 15.2. The fraction of sp³-hybridized carbons (Fsp3) is 0.190. The van der Waals surface area contributed by atoms with Crippen molar-refractivity contribution in [2.45, 2.75) is 24.9 Å². The number of aromatic amines is 1. The molecule has 0 radical (unpaired) electrons. The summed E-state index contributed by atoms with van der Waals surface area (Å²) in [6.07, 6.45) is 2.12. The van der Waals surface area contributed by atoms with Gasteiger partial charge in [-0.1, -0.05) is 24.3 Å². The van der Waals surface area contributed by atoms with Crippen molar-refractivity contribution < 1.29 is 14.3 Å². The fourth-order valence-corrected chi connectivity index (χ4v) is 4.17. The van der Waals surface area contributed by atoms with E-state index < -0.39 is 17.6 Å². The first-order chi connectivity index (χ1) is 12.6. The molecule has 0 saturated carbocycles. The Morgan fingerprint density at radius 2 is 2.08 bits per heavy atom. The van der Waals surface area contributed by atoms with Crippen molar-refractivity contribution in [1.29, 1.82) is 0 Å². The van der Waals surface area contributed by atoms with Crippen LogP contribution in [0.15, 0.2) is 59.2 Å². The zero-order chi connectivity index (χ0) is 17.9. The van der Waals surface area contributed by atoms with Crippen LogP contribution >= 0.6 is 0 Å². The van der Waals surface area contributed by atoms with Gasteiger partial charge in [0.15, 0.2) is 0 Å². The van der Waals surface area contributed by atoms with Crippen LogP contribution in [0.5, 0.6) is 0 Å². The lowest BCUT2D eigenvalue weighted by atomic mass is 9.80. The van der Waals surface area contributed by atoms with Gasteiger partial charge in [-0.05, 0) is 42.3 Å². The van der Waals surface area contributed by atoms with Crippen molar-refractivity contribution in [3.05, 3.63) is 71.6 Å². The number of carboxylic acid groups (broad SMARTS) is 1. The van der Waals surface area contributed by atoms with Crippen molar-refractivity contribution in [1.82, 2.24) is 10.3 Å². The number of rotatable bonds is 2. The highest BCUT2D eigenvalue weighted by Crippen LogP contribution is 2.40. The van der Waals surface area contributed by atoms with Crippen LogP contribution < -0.4 is 5.32 Å². The van der Waals surface area contributed by atoms with Gasteiger partial charge < -0.3 is 14.5 Å². The number of H-pyrrole nitrogens is 1. The summed E-state index contributed by atoms with van der Waals surface area (Å²) >= 11 is 0. The second kappa shape index (κ2) is 5.22. The molecule has 1 aliphatic heterocycles. The summed E-state index contributed by atoms with van der Waals surface area (Å²) in [5.41, 5.74) is 4.31. The normalized spacial score (nSPS) is 22.6. The maximum absolute atomic E-state index is 11.8. The summed E-state index contributed by atoms with van der Waals surface area (Å²) in [5.74, 6) is -0.837. The maximum Gasteiger partial charge on any atom is 0.321 e. The molecule has 2 atom stereocenters. The van der Waals surface area contributed by atoms with Crippen LogP contribution in [0.2, 0.25) is 0 Å². The summed E-state index contributed by atoms with van der Waals surface area (Å²) in [5, 5.41) is 15.2. The highest BCUT2D eigenvalue weighted by molar-refractivity contribution is 5.88. The molecule has 2 aromatic carbocycles. The van der Waals surface area contributed by atoms with Crippen molar-refractivity contribution in [2.75, 3.05) is 0 Å². The minimum atomic E-state index is -0.837. The van der Waals surface area contributed by atoms with Gasteiger partial charge in [-0.2, -0.15) is 0 Å². The van der Waals surface area contributed by atoms with E-state index in [2.05, 4.69) is 22.4 Å². The zero-order valence-corrected chi connectivity index (χ0v) is 14.2. The number of benzene rings is 2. The molecule has 26 heavy (non-hydrogen) atoms. The SMILES string of the molecule is C[C@@]1(c2ccc3occc3c2)N[C@@H](C(=O)O)Cc2c1[nH]c1ccccc21. The third-order valence-electron chi connectivity index (χ3n) is 5.51. The Kier molecular flexibility index (Phi) is 3.06. The smallest absolute Gasteiger partial charge is 0.321 e. The lowest BCUT2D eigenvalue weighted by Crippen LogP contribution is -2.54. The number of hydrogen-bond donors (Lipinski definition) is 3. The Morgan fingerprint density at radius 1 is 1.23 bits per heavy atom. The Hall–Kier alpha value is -3.05. The van der Waals surface area contributed by atoms with Crippen LogP contribution in [0, 0.1) is 0 Å². The number of furan rings is 1. The number of aromatic nitrogens is 1. The monoisotopic (exact) mass is 346 g/mol. The Labute approximate surface area is 149 Å². The average Bonchev–Trinajstić information content (AvgIpc) is 3.25. The van der Waals surface area contributed by atoms with E-state index in [0.717, 1.165) is 38.7 Å². The molecule has 0 fully saturated rings. The Morgan fingerprint density at radius 3 is 2.92 bits per heavy atom. The molecule has 2 aromatic heterocycles. The lowest BCUT2D eigenvalue weighted by Gasteiger charge is -2.39. The molecule has 4 aromatic rings. The highest BCUT2D eigenvalue weighted by atomic mass is 16.4. The van der Waals surface area contributed by atoms with Crippen molar-refractivity contribution >= 4 is 27.8 Å². The average molecular weight is 346 g/mol. The van der Waals surface area contributed by atoms with E-state index in [1.165, 1.54) is 0 Å². The number of fused-ring (bicyclic) bond motifs is 4. The van der Waals surface area contributed by atoms with Gasteiger partial charge in [0, 0.05) is 28.4 Å². The van der Waals surface area contributed by atoms with Crippen LogP contribution in [0.25, 0.3) is 21.9 Å². The topological polar surface area (TPSA) is 78.3 Å². The molecule has 5 heteroatoms. The third-order valence-corrected chi connectivity index (χ3v) is 5.51. The van der Waals surface area contributed by atoms with E-state index in [1.54, 1.807) is 6.26 Å². The summed E-state index contributed by atoms with van der Waals surface area (Å²) in [6.45, 7) is 2.04. The first-order valence-electron chi connectivity index (χ1n) is 8.64. The molecule has 0 spiro atoms. The molecule has 130 valence electrons. The van der Waals surface area contributed by atoms with E-state index in [9.17, 15) is 9.90 Å². The molecule has 3 heterocycles. The molecule has 3 N–H and O–H groups in total. The molecule has 1 aliphatic rings. The predicted molar refractivity (Wildman–Crippen MR) is 99.2 cm³/mol. The Bertz CT molecular complexity index is 1160. The summed E-state index contributed by atoms with van der Waals surface area (Å²) in [6, 6.07) is 15.3. The molecular formula is C21H18N2O3. The molecule has 0 bridgehead atoms. The number of carboxylic acids is 1. The number of carbonyl (C=O) groups is 1. The maximum atomic E-state index is 11.8. The summed E-state index contributed by atoms with van der Waals surface area (Å²) in [4.78, 5) is 15.4. The van der Waals surface area contributed by atoms with Crippen molar-refractivity contribution in [2.24, 2.45) is 0 Å². The third kappa shape index (κ3) is 2.04. The van der Waals surface area contributed by atoms with E-state index in [0.29, 0.717) is 6.42 Å². The van der Waals surface area contributed by atoms with Gasteiger partial charge in [-0.3, -0.25) is 10.1 Å². The van der Waals surface area contributed by atoms with Crippen LogP contribution in [0.3, 0.4) is 0 Å². The number of aliphatic carboxylic acids is 1. The van der Waals surface area contributed by atoms with Crippen LogP contribution in [0.4, 0.5) is 0 Å². The summed E-state index contributed by atoms with van der Waals surface area (Å²) in [7, 11) is 0. The number of para-hydroxylation sites is 1. The molecule has 0 aliphatic carbocycles. The van der Waals surface area contributed by atoms with E-state index in [4.69, 9.17) is 4.42 Å². The van der Waals surface area contributed by atoms with Gasteiger partial charge in [0.1, 0.15) is 11.6 Å². The van der Waals surface area contributed by atoms with E-state index in [1.807, 2.05) is 43.3 Å². The number of hydrogen-bond acceptors (Lipinski definition) is 3. The number of nitrogens with one attached hydrogen (secondary N) is 2. The fourth-order valence-electron chi connectivity index (χ4n) is 4.17. The second-order valence-corrected chi connectivity index (χ2v) is 7.06. The quantitative estimate of drug-likeness (QED) is 0.516. The van der Waals surface area contributed by atoms with Crippen LogP contribution in [-0.2, 0) is 16.8 Å². The summed E-state index contributed by atoms with van der Waals surface area (Å²) < 4.78 is 5.45. The molecule has 0 amide bonds. The van der Waals surface area contributed by atoms with Crippen molar-refractivity contribution in [3.8, 4) is 0 Å². The molecule has 5 nitrogen and oxygen atoms in total. The molecule has 0 saturated heterocycles. The zero-order valence-electron chi connectivity index (χ0n) is 14.2. The largest absolute Gasteiger partial charge is 0.480 e. The van der Waals surface area contributed by atoms with Crippen LogP contribution in [0.1, 0.15) is 23.7 Å². The first-order valence-corrected chi connectivity index (χ1v) is 8.64. The van der Waals surface area contributed by atoms with Crippen molar-refractivity contribution in [3.63, 3.8) is 0 Å². The van der Waals surface area contributed by atoms with E-state index >= 15 is 0 Å². The van der Waals surface area contributed by atoms with Gasteiger partial charge in [0.05, 0.1) is 11.8 Å². The van der Waals surface area contributed by atoms with Gasteiger partial charge in [0.2, 0.25) is 0 Å². The Balaban J connectivity index is 1.78. The molecule has 5 rings (SSSR count). The van der Waals surface area contributed by atoms with Gasteiger partial charge in [0.25, 0.3) is 0 Å². The van der Waals surface area contributed by atoms with Gasteiger partial charge >= 0.3 is 5.97 Å². The molecular weight excluding hydrogens is 328 g/mol. The van der Waals surface area contributed by atoms with Gasteiger partial charge in [-0.25, -0.2) is 0 Å². The van der Waals surface area contributed by atoms with Crippen LogP contribution in [-0.4, -0.2) is 22.1 Å².